The van der Waals surface area contributed by atoms with Gasteiger partial charge in [0.05, 0.1) is 0 Å². The van der Waals surface area contributed by atoms with Crippen LogP contribution in [0.3, 0.4) is 0 Å². The molecule has 1 fully saturated rings. The summed E-state index contributed by atoms with van der Waals surface area (Å²) >= 11 is 0. The molecule has 1 aliphatic rings. The van der Waals surface area contributed by atoms with Crippen LogP contribution >= 0.6 is 0 Å². The molecule has 1 aliphatic heterocycles. The first-order chi connectivity index (χ1) is 7.69. The molecule has 16 heavy (non-hydrogen) atoms. The fourth-order valence-electron chi connectivity index (χ4n) is 2.49. The van der Waals surface area contributed by atoms with Crippen molar-refractivity contribution in [1.29, 1.82) is 0 Å². The zero-order valence-corrected chi connectivity index (χ0v) is 10.1. The van der Waals surface area contributed by atoms with Gasteiger partial charge in [0.15, 0.2) is 0 Å². The van der Waals surface area contributed by atoms with Crippen molar-refractivity contribution in [3.8, 4) is 0 Å². The minimum absolute atomic E-state index is 0.472. The topological polar surface area (TPSA) is 55.0 Å². The highest BCUT2D eigenvalue weighted by atomic mass is 15.2. The number of aromatic nitrogens is 2. The zero-order valence-electron chi connectivity index (χ0n) is 10.1. The fraction of sp³-hybridized carbons (Fsp3) is 0.667. The summed E-state index contributed by atoms with van der Waals surface area (Å²) in [5, 5.41) is 0. The van der Waals surface area contributed by atoms with Gasteiger partial charge in [-0.25, -0.2) is 9.97 Å². The summed E-state index contributed by atoms with van der Waals surface area (Å²) in [4.78, 5) is 10.5. The Labute approximate surface area is 96.9 Å². The lowest BCUT2D eigenvalue weighted by Gasteiger charge is -2.26. The van der Waals surface area contributed by atoms with Crippen molar-refractivity contribution in [3.63, 3.8) is 0 Å². The van der Waals surface area contributed by atoms with E-state index in [1.54, 1.807) is 6.33 Å². The van der Waals surface area contributed by atoms with Gasteiger partial charge in [-0.05, 0) is 24.7 Å². The molecular weight excluding hydrogens is 200 g/mol. The van der Waals surface area contributed by atoms with E-state index in [1.807, 2.05) is 6.07 Å². The minimum atomic E-state index is 0.472. The lowest BCUT2D eigenvalue weighted by atomic mass is 9.82. The van der Waals surface area contributed by atoms with Crippen LogP contribution in [-0.4, -0.2) is 23.1 Å². The second kappa shape index (κ2) is 4.28. The summed E-state index contributed by atoms with van der Waals surface area (Å²) in [6.07, 6.45) is 5.27. The maximum atomic E-state index is 5.68. The Balaban J connectivity index is 2.14. The number of rotatable bonds is 3. The molecule has 0 radical (unpaired) electrons. The Bertz CT molecular complexity index is 360. The van der Waals surface area contributed by atoms with Crippen molar-refractivity contribution in [1.82, 2.24) is 9.97 Å². The summed E-state index contributed by atoms with van der Waals surface area (Å²) < 4.78 is 0. The molecule has 2 heterocycles. The lowest BCUT2D eigenvalue weighted by Crippen LogP contribution is -2.26. The molecule has 1 aromatic rings. The van der Waals surface area contributed by atoms with Crippen LogP contribution in [0.5, 0.6) is 0 Å². The third-order valence-electron chi connectivity index (χ3n) is 3.94. The smallest absolute Gasteiger partial charge is 0.134 e. The molecule has 0 amide bonds. The number of nitrogens with two attached hydrogens (primary N) is 1. The first-order valence-corrected chi connectivity index (χ1v) is 6.01. The lowest BCUT2D eigenvalue weighted by molar-refractivity contribution is 0.301. The molecular formula is C12H20N4. The summed E-state index contributed by atoms with van der Waals surface area (Å²) in [6, 6.07) is 1.86. The molecule has 0 atom stereocenters. The van der Waals surface area contributed by atoms with Gasteiger partial charge < -0.3 is 10.6 Å². The van der Waals surface area contributed by atoms with Gasteiger partial charge in [0, 0.05) is 19.2 Å². The summed E-state index contributed by atoms with van der Waals surface area (Å²) in [7, 11) is 0. The predicted octanol–water partition coefficient (Wildman–Crippen LogP) is 2.08. The largest absolute Gasteiger partial charge is 0.384 e. The van der Waals surface area contributed by atoms with Crippen molar-refractivity contribution in [2.45, 2.75) is 33.1 Å². The minimum Gasteiger partial charge on any atom is -0.384 e. The van der Waals surface area contributed by atoms with Gasteiger partial charge >= 0.3 is 0 Å². The Morgan fingerprint density at radius 1 is 1.38 bits per heavy atom. The molecule has 88 valence electrons. The molecule has 0 spiro atoms. The molecule has 0 bridgehead atoms. The average molecular weight is 220 g/mol. The van der Waals surface area contributed by atoms with Gasteiger partial charge in [0.2, 0.25) is 0 Å². The average Bonchev–Trinajstić information content (AvgIpc) is 2.74. The van der Waals surface area contributed by atoms with Crippen molar-refractivity contribution in [3.05, 3.63) is 12.4 Å². The van der Waals surface area contributed by atoms with Crippen molar-refractivity contribution in [2.24, 2.45) is 5.41 Å². The second-order valence-corrected chi connectivity index (χ2v) is 4.68. The van der Waals surface area contributed by atoms with Crippen LogP contribution < -0.4 is 10.6 Å². The van der Waals surface area contributed by atoms with Crippen LogP contribution in [0.1, 0.15) is 33.1 Å². The van der Waals surface area contributed by atoms with Crippen LogP contribution in [0.2, 0.25) is 0 Å². The Morgan fingerprint density at radius 3 is 2.69 bits per heavy atom. The Morgan fingerprint density at radius 2 is 2.12 bits per heavy atom. The van der Waals surface area contributed by atoms with Crippen LogP contribution in [0.25, 0.3) is 0 Å². The van der Waals surface area contributed by atoms with Gasteiger partial charge in [-0.3, -0.25) is 0 Å². The molecule has 0 aliphatic carbocycles. The molecule has 4 heteroatoms. The third-order valence-corrected chi connectivity index (χ3v) is 3.94. The molecule has 2 N–H and O–H groups in total. The van der Waals surface area contributed by atoms with Gasteiger partial charge in [0.25, 0.3) is 0 Å². The van der Waals surface area contributed by atoms with Gasteiger partial charge in [-0.1, -0.05) is 13.8 Å². The Hall–Kier alpha value is -1.32. The number of nitrogens with zero attached hydrogens (tertiary/aromatic N) is 3. The molecule has 4 nitrogen and oxygen atoms in total. The Kier molecular flexibility index (Phi) is 2.99. The number of nitrogen functional groups attached to an aromatic ring is 1. The second-order valence-electron chi connectivity index (χ2n) is 4.68. The maximum Gasteiger partial charge on any atom is 0.134 e. The third kappa shape index (κ3) is 1.96. The molecule has 1 saturated heterocycles. The van der Waals surface area contributed by atoms with Crippen LogP contribution in [-0.2, 0) is 0 Å². The van der Waals surface area contributed by atoms with E-state index in [4.69, 9.17) is 5.73 Å². The van der Waals surface area contributed by atoms with E-state index in [0.29, 0.717) is 11.2 Å². The van der Waals surface area contributed by atoms with E-state index >= 15 is 0 Å². The number of hydrogen-bond acceptors (Lipinski definition) is 4. The fourth-order valence-corrected chi connectivity index (χ4v) is 2.49. The first-order valence-electron chi connectivity index (χ1n) is 6.01. The van der Waals surface area contributed by atoms with Gasteiger partial charge in [-0.2, -0.15) is 0 Å². The van der Waals surface area contributed by atoms with Crippen molar-refractivity contribution in [2.75, 3.05) is 23.7 Å². The molecule has 0 unspecified atom stereocenters. The highest BCUT2D eigenvalue weighted by Gasteiger charge is 2.35. The van der Waals surface area contributed by atoms with Crippen LogP contribution in [0.15, 0.2) is 12.4 Å². The molecule has 2 rings (SSSR count). The standard InChI is InChI=1S/C12H20N4/c1-3-12(4-2)5-6-16(8-12)11-7-10(13)14-9-15-11/h7,9H,3-6,8H2,1-2H3,(H2,13,14,15). The first kappa shape index (κ1) is 11.2. The number of hydrogen-bond donors (Lipinski definition) is 1. The molecule has 0 aromatic carbocycles. The summed E-state index contributed by atoms with van der Waals surface area (Å²) in [5.74, 6) is 1.52. The molecule has 1 aromatic heterocycles. The summed E-state index contributed by atoms with van der Waals surface area (Å²) in [6.45, 7) is 6.73. The van der Waals surface area contributed by atoms with E-state index in [0.717, 1.165) is 18.9 Å². The maximum absolute atomic E-state index is 5.68. The normalized spacial score (nSPS) is 19.0. The monoisotopic (exact) mass is 220 g/mol. The van der Waals surface area contributed by atoms with Crippen LogP contribution in [0, 0.1) is 5.41 Å². The SMILES string of the molecule is CCC1(CC)CCN(c2cc(N)ncn2)C1. The van der Waals surface area contributed by atoms with E-state index in [-0.39, 0.29) is 0 Å². The predicted molar refractivity (Wildman–Crippen MR) is 66.3 cm³/mol. The highest BCUT2D eigenvalue weighted by molar-refractivity contribution is 5.47. The van der Waals surface area contributed by atoms with E-state index < -0.39 is 0 Å². The van der Waals surface area contributed by atoms with Crippen molar-refractivity contribution >= 4 is 11.6 Å². The summed E-state index contributed by atoms with van der Waals surface area (Å²) in [5.41, 5.74) is 6.15. The highest BCUT2D eigenvalue weighted by Crippen LogP contribution is 2.38. The molecule has 0 saturated carbocycles. The van der Waals surface area contributed by atoms with Crippen LogP contribution in [0.4, 0.5) is 11.6 Å². The van der Waals surface area contributed by atoms with E-state index in [1.165, 1.54) is 19.3 Å². The van der Waals surface area contributed by atoms with Gasteiger partial charge in [-0.15, -0.1) is 0 Å². The quantitative estimate of drug-likeness (QED) is 0.847. The van der Waals surface area contributed by atoms with Crippen molar-refractivity contribution < 1.29 is 0 Å². The van der Waals surface area contributed by atoms with E-state index in [9.17, 15) is 0 Å². The van der Waals surface area contributed by atoms with E-state index in [2.05, 4.69) is 28.7 Å². The zero-order chi connectivity index (χ0) is 11.6. The number of anilines is 2. The van der Waals surface area contributed by atoms with Gasteiger partial charge in [0.1, 0.15) is 18.0 Å².